The van der Waals surface area contributed by atoms with Gasteiger partial charge >= 0.3 is 29.8 Å². The van der Waals surface area contributed by atoms with Crippen molar-refractivity contribution in [3.63, 3.8) is 0 Å². The largest absolute Gasteiger partial charge is 0.478 e. The van der Waals surface area contributed by atoms with Gasteiger partial charge in [-0.15, -0.1) is 0 Å². The van der Waals surface area contributed by atoms with Gasteiger partial charge in [0.05, 0.1) is 40.5 Å². The molecular formula is C25H42O13. The second-order valence-corrected chi connectivity index (χ2v) is 7.43. The molecule has 220 valence electrons. The van der Waals surface area contributed by atoms with Gasteiger partial charge in [-0.2, -0.15) is 0 Å². The highest BCUT2D eigenvalue weighted by Gasteiger charge is 2.24. The Bertz CT molecular complexity index is 696. The van der Waals surface area contributed by atoms with Crippen molar-refractivity contribution in [3.05, 3.63) is 48.6 Å². The van der Waals surface area contributed by atoms with Crippen LogP contribution in [0.4, 0.5) is 0 Å². The summed E-state index contributed by atoms with van der Waals surface area (Å²) in [4.78, 5) is 50.0. The van der Waals surface area contributed by atoms with Crippen LogP contribution in [0.2, 0.25) is 0 Å². The van der Waals surface area contributed by atoms with Crippen molar-refractivity contribution in [2.45, 2.75) is 40.5 Å². The Morgan fingerprint density at radius 2 is 0.921 bits per heavy atom. The molecule has 0 rings (SSSR count). The zero-order valence-corrected chi connectivity index (χ0v) is 22.9. The highest BCUT2D eigenvalue weighted by atomic mass is 16.5. The Balaban J connectivity index is -0.000000123. The molecule has 0 aromatic heterocycles. The zero-order chi connectivity index (χ0) is 31.6. The van der Waals surface area contributed by atoms with Gasteiger partial charge in [-0.1, -0.05) is 33.2 Å². The summed E-state index contributed by atoms with van der Waals surface area (Å²) in [6, 6.07) is 0. The SMILES string of the molecule is C=C(C)C(=O)O.C=C(C)C(=O)O.C=C(C)C(=O)O.C=C(CC(=O)OC)C(=O)OC.CCC(CO)(CO)CO. The number of hydrogen-bond acceptors (Lipinski definition) is 10. The fourth-order valence-corrected chi connectivity index (χ4v) is 0.948. The maximum absolute atomic E-state index is 10.6. The van der Waals surface area contributed by atoms with Crippen LogP contribution >= 0.6 is 0 Å². The molecule has 0 atom stereocenters. The van der Waals surface area contributed by atoms with Gasteiger partial charge in [0.1, 0.15) is 0 Å². The van der Waals surface area contributed by atoms with E-state index in [0.717, 1.165) is 0 Å². The smallest absolute Gasteiger partial charge is 0.333 e. The number of carboxylic acids is 3. The molecule has 0 heterocycles. The van der Waals surface area contributed by atoms with E-state index in [2.05, 4.69) is 35.8 Å². The fraction of sp³-hybridized carbons (Fsp3) is 0.480. The summed E-state index contributed by atoms with van der Waals surface area (Å²) >= 11 is 0. The lowest BCUT2D eigenvalue weighted by molar-refractivity contribution is -0.143. The molecule has 0 aliphatic rings. The predicted octanol–water partition coefficient (Wildman–Crippen LogP) is 1.58. The molecule has 0 aromatic carbocycles. The quantitative estimate of drug-likeness (QED) is 0.168. The number of aliphatic hydroxyl groups is 3. The first-order valence-electron chi connectivity index (χ1n) is 10.6. The van der Waals surface area contributed by atoms with Crippen molar-refractivity contribution in [3.8, 4) is 0 Å². The number of rotatable bonds is 10. The molecule has 0 aliphatic carbocycles. The highest BCUT2D eigenvalue weighted by molar-refractivity contribution is 5.93. The maximum atomic E-state index is 10.6. The highest BCUT2D eigenvalue weighted by Crippen LogP contribution is 2.18. The summed E-state index contributed by atoms with van der Waals surface area (Å²) in [6.45, 7) is 18.5. The van der Waals surface area contributed by atoms with E-state index in [1.807, 2.05) is 6.92 Å². The monoisotopic (exact) mass is 550 g/mol. The molecule has 0 spiro atoms. The summed E-state index contributed by atoms with van der Waals surface area (Å²) in [5.74, 6) is -3.89. The summed E-state index contributed by atoms with van der Waals surface area (Å²) in [5, 5.41) is 49.6. The molecule has 0 fully saturated rings. The second kappa shape index (κ2) is 26.3. The third-order valence-corrected chi connectivity index (χ3v) is 3.91. The van der Waals surface area contributed by atoms with Crippen LogP contribution < -0.4 is 0 Å². The summed E-state index contributed by atoms with van der Waals surface area (Å²) in [5.41, 5.74) is -0.0423. The first kappa shape index (κ1) is 44.2. The van der Waals surface area contributed by atoms with Crippen molar-refractivity contribution >= 4 is 29.8 Å². The fourth-order valence-electron chi connectivity index (χ4n) is 0.948. The first-order valence-corrected chi connectivity index (χ1v) is 10.6. The van der Waals surface area contributed by atoms with Gasteiger partial charge in [-0.3, -0.25) is 4.79 Å². The lowest BCUT2D eigenvalue weighted by atomic mass is 9.88. The minimum Gasteiger partial charge on any atom is -0.478 e. The molecule has 0 radical (unpaired) electrons. The van der Waals surface area contributed by atoms with Crippen molar-refractivity contribution in [2.24, 2.45) is 5.41 Å². The molecule has 13 heteroatoms. The minimum atomic E-state index is -0.935. The van der Waals surface area contributed by atoms with Gasteiger partial charge in [0.15, 0.2) is 0 Å². The molecule has 0 aliphatic heterocycles. The molecule has 0 amide bonds. The van der Waals surface area contributed by atoms with E-state index in [-0.39, 0.29) is 48.5 Å². The van der Waals surface area contributed by atoms with E-state index in [1.54, 1.807) is 0 Å². The lowest BCUT2D eigenvalue weighted by Crippen LogP contribution is -2.32. The van der Waals surface area contributed by atoms with Crippen LogP contribution in [-0.4, -0.2) is 94.5 Å². The Labute approximate surface area is 223 Å². The van der Waals surface area contributed by atoms with Crippen LogP contribution in [0.25, 0.3) is 0 Å². The van der Waals surface area contributed by atoms with E-state index in [0.29, 0.717) is 6.42 Å². The number of hydrogen-bond donors (Lipinski definition) is 6. The molecule has 38 heavy (non-hydrogen) atoms. The Kier molecular flexibility index (Phi) is 30.5. The molecule has 0 aromatic rings. The summed E-state index contributed by atoms with van der Waals surface area (Å²) in [7, 11) is 2.47. The van der Waals surface area contributed by atoms with Crippen LogP contribution in [0, 0.1) is 5.41 Å². The van der Waals surface area contributed by atoms with E-state index in [9.17, 15) is 24.0 Å². The van der Waals surface area contributed by atoms with Gasteiger partial charge in [0.25, 0.3) is 0 Å². The molecule has 0 bridgehead atoms. The third-order valence-electron chi connectivity index (χ3n) is 3.91. The van der Waals surface area contributed by atoms with Gasteiger partial charge in [-0.25, -0.2) is 19.2 Å². The van der Waals surface area contributed by atoms with Crippen LogP contribution in [0.5, 0.6) is 0 Å². The van der Waals surface area contributed by atoms with Gasteiger partial charge < -0.3 is 40.1 Å². The molecular weight excluding hydrogens is 508 g/mol. The second-order valence-electron chi connectivity index (χ2n) is 7.43. The molecule has 6 N–H and O–H groups in total. The Morgan fingerprint density at radius 3 is 1.03 bits per heavy atom. The number of carbonyl (C=O) groups excluding carboxylic acids is 2. The first-order chi connectivity index (χ1) is 17.3. The molecule has 0 saturated heterocycles. The van der Waals surface area contributed by atoms with E-state index < -0.39 is 35.3 Å². The number of aliphatic hydroxyl groups excluding tert-OH is 3. The number of methoxy groups -OCH3 is 2. The molecule has 0 unspecified atom stereocenters. The minimum absolute atomic E-state index is 0.0966. The maximum Gasteiger partial charge on any atom is 0.333 e. The number of ether oxygens (including phenoxy) is 2. The lowest BCUT2D eigenvalue weighted by Gasteiger charge is -2.24. The van der Waals surface area contributed by atoms with Crippen LogP contribution in [0.1, 0.15) is 40.5 Å². The average molecular weight is 551 g/mol. The zero-order valence-electron chi connectivity index (χ0n) is 22.9. The predicted molar refractivity (Wildman–Crippen MR) is 139 cm³/mol. The molecule has 13 nitrogen and oxygen atoms in total. The van der Waals surface area contributed by atoms with E-state index in [1.165, 1.54) is 35.0 Å². The van der Waals surface area contributed by atoms with Crippen molar-refractivity contribution in [1.29, 1.82) is 0 Å². The number of carbonyl (C=O) groups is 5. The number of aliphatic carboxylic acids is 3. The van der Waals surface area contributed by atoms with Crippen molar-refractivity contribution in [2.75, 3.05) is 34.0 Å². The number of esters is 2. The average Bonchev–Trinajstić information content (AvgIpc) is 2.86. The van der Waals surface area contributed by atoms with E-state index in [4.69, 9.17) is 30.6 Å². The van der Waals surface area contributed by atoms with Crippen LogP contribution in [0.15, 0.2) is 48.6 Å². The van der Waals surface area contributed by atoms with Crippen molar-refractivity contribution in [1.82, 2.24) is 0 Å². The van der Waals surface area contributed by atoms with Gasteiger partial charge in [0, 0.05) is 27.7 Å². The van der Waals surface area contributed by atoms with Crippen LogP contribution in [0.3, 0.4) is 0 Å². The third kappa shape index (κ3) is 30.2. The van der Waals surface area contributed by atoms with Gasteiger partial charge in [-0.05, 0) is 27.2 Å². The van der Waals surface area contributed by atoms with Crippen LogP contribution in [-0.2, 0) is 33.4 Å². The summed E-state index contributed by atoms with van der Waals surface area (Å²) < 4.78 is 8.62. The van der Waals surface area contributed by atoms with Gasteiger partial charge in [0.2, 0.25) is 0 Å². The van der Waals surface area contributed by atoms with Crippen molar-refractivity contribution < 1.29 is 64.1 Å². The normalized spacial score (nSPS) is 8.87. The standard InChI is InChI=1S/C7H10O4.C6H14O3.3C4H6O2/c1-5(7(9)11-3)4-6(8)10-2;1-2-6(3-7,4-8)5-9;3*1-3(2)4(5)6/h1,4H2,2-3H3;7-9H,2-5H2,1H3;3*1H2,2H3,(H,5,6). The summed E-state index contributed by atoms with van der Waals surface area (Å²) in [6.07, 6.45) is 0.472. The molecule has 0 saturated carbocycles. The number of carboxylic acid groups (broad SMARTS) is 3. The Morgan fingerprint density at radius 1 is 0.658 bits per heavy atom. The topological polar surface area (TPSA) is 225 Å². The Hall–Kier alpha value is -3.81. The van der Waals surface area contributed by atoms with E-state index >= 15 is 0 Å².